The van der Waals surface area contributed by atoms with Crippen molar-refractivity contribution >= 4 is 34.5 Å². The van der Waals surface area contributed by atoms with Crippen molar-refractivity contribution < 1.29 is 14.5 Å². The summed E-state index contributed by atoms with van der Waals surface area (Å²) >= 11 is 1.58. The first-order valence-electron chi connectivity index (χ1n) is 7.88. The van der Waals surface area contributed by atoms with Crippen LogP contribution in [0.15, 0.2) is 30.3 Å². The largest absolute Gasteiger partial charge is 0.343 e. The summed E-state index contributed by atoms with van der Waals surface area (Å²) in [5.41, 5.74) is 0.705. The molecule has 0 saturated carbocycles. The average molecular weight is 361 g/mol. The molecule has 7 nitrogen and oxygen atoms in total. The van der Waals surface area contributed by atoms with Crippen molar-refractivity contribution in [2.45, 2.75) is 33.2 Å². The quantitative estimate of drug-likeness (QED) is 0.469. The Hall–Kier alpha value is -2.74. The highest BCUT2D eigenvalue weighted by atomic mass is 32.1. The molecule has 0 aliphatic carbocycles. The summed E-state index contributed by atoms with van der Waals surface area (Å²) in [6.07, 6.45) is 1.43. The third-order valence-corrected chi connectivity index (χ3v) is 4.85. The third kappa shape index (κ3) is 4.87. The molecular weight excluding hydrogens is 342 g/mol. The number of nitrogens with zero attached hydrogens (tertiary/aromatic N) is 1. The highest BCUT2D eigenvalue weighted by Gasteiger charge is 2.17. The molecule has 132 valence electrons. The Balaban J connectivity index is 1.97. The molecule has 25 heavy (non-hydrogen) atoms. The molecule has 0 aliphatic heterocycles. The zero-order valence-corrected chi connectivity index (χ0v) is 14.8. The Kier molecular flexibility index (Phi) is 6.24. The molecule has 0 unspecified atom stereocenters. The van der Waals surface area contributed by atoms with Crippen LogP contribution in [0.2, 0.25) is 0 Å². The first kappa shape index (κ1) is 18.6. The lowest BCUT2D eigenvalue weighted by Gasteiger charge is -2.07. The molecule has 2 amide bonds. The summed E-state index contributed by atoms with van der Waals surface area (Å²) in [6, 6.07) is 8.28. The molecule has 2 rings (SSSR count). The van der Waals surface area contributed by atoms with E-state index in [-0.39, 0.29) is 17.9 Å². The van der Waals surface area contributed by atoms with Crippen molar-refractivity contribution in [3.63, 3.8) is 0 Å². The minimum Gasteiger partial charge on any atom is -0.343 e. The minimum absolute atomic E-state index is 0.0774. The number of hydrogen-bond donors (Lipinski definition) is 2. The van der Waals surface area contributed by atoms with Gasteiger partial charge in [0.15, 0.2) is 0 Å². The van der Waals surface area contributed by atoms with Crippen molar-refractivity contribution in [2.24, 2.45) is 0 Å². The maximum absolute atomic E-state index is 11.9. The van der Waals surface area contributed by atoms with Crippen LogP contribution in [0.1, 0.15) is 29.2 Å². The summed E-state index contributed by atoms with van der Waals surface area (Å²) in [7, 11) is 0. The van der Waals surface area contributed by atoms with Crippen LogP contribution in [0.5, 0.6) is 0 Å². The van der Waals surface area contributed by atoms with Crippen LogP contribution < -0.4 is 10.6 Å². The summed E-state index contributed by atoms with van der Waals surface area (Å²) < 4.78 is 0. The normalized spacial score (nSPS) is 10.3. The predicted octanol–water partition coefficient (Wildman–Crippen LogP) is 3.04. The second-order valence-electron chi connectivity index (χ2n) is 5.31. The van der Waals surface area contributed by atoms with E-state index in [0.29, 0.717) is 12.0 Å². The third-order valence-electron chi connectivity index (χ3n) is 3.62. The van der Waals surface area contributed by atoms with Gasteiger partial charge in [0.05, 0.1) is 11.5 Å². The standard InChI is InChI=1S/C17H19N3O4S/c1-3-11-5-6-12(9-15(11)20(23)24)19-17(22)16(21)18-10-14-8-7-13(4-2)25-14/h5-9H,3-4,10H2,1-2H3,(H,18,21)(H,19,22). The fourth-order valence-electron chi connectivity index (χ4n) is 2.25. The van der Waals surface area contributed by atoms with Gasteiger partial charge in [-0.25, -0.2) is 0 Å². The lowest BCUT2D eigenvalue weighted by Crippen LogP contribution is -2.34. The number of anilines is 1. The fraction of sp³-hybridized carbons (Fsp3) is 0.294. The Bertz CT molecular complexity index is 801. The van der Waals surface area contributed by atoms with Gasteiger partial charge in [-0.05, 0) is 31.0 Å². The number of hydrogen-bond acceptors (Lipinski definition) is 5. The Morgan fingerprint density at radius 2 is 1.80 bits per heavy atom. The second-order valence-corrected chi connectivity index (χ2v) is 6.57. The fourth-order valence-corrected chi connectivity index (χ4v) is 3.15. The van der Waals surface area contributed by atoms with Crippen LogP contribution >= 0.6 is 11.3 Å². The number of carbonyl (C=O) groups excluding carboxylic acids is 2. The molecule has 2 N–H and O–H groups in total. The van der Waals surface area contributed by atoms with Crippen LogP contribution in [0, 0.1) is 10.1 Å². The second kappa shape index (κ2) is 8.39. The van der Waals surface area contributed by atoms with E-state index in [2.05, 4.69) is 10.6 Å². The molecule has 0 spiro atoms. The number of nitro groups is 1. The topological polar surface area (TPSA) is 101 Å². The summed E-state index contributed by atoms with van der Waals surface area (Å²) in [5, 5.41) is 16.0. The Morgan fingerprint density at radius 3 is 2.40 bits per heavy atom. The van der Waals surface area contributed by atoms with E-state index in [1.54, 1.807) is 23.5 Å². The lowest BCUT2D eigenvalue weighted by molar-refractivity contribution is -0.385. The van der Waals surface area contributed by atoms with Gasteiger partial charge in [0.2, 0.25) is 0 Å². The van der Waals surface area contributed by atoms with E-state index in [9.17, 15) is 19.7 Å². The summed E-state index contributed by atoms with van der Waals surface area (Å²) in [5.74, 6) is -1.64. The summed E-state index contributed by atoms with van der Waals surface area (Å²) in [4.78, 5) is 36.5. The van der Waals surface area contributed by atoms with Crippen LogP contribution in [0.3, 0.4) is 0 Å². The van der Waals surface area contributed by atoms with E-state index in [1.807, 2.05) is 26.0 Å². The zero-order chi connectivity index (χ0) is 18.4. The molecule has 0 aliphatic rings. The smallest absolute Gasteiger partial charge is 0.313 e. The van der Waals surface area contributed by atoms with Gasteiger partial charge >= 0.3 is 11.8 Å². The van der Waals surface area contributed by atoms with E-state index in [1.165, 1.54) is 10.9 Å². The molecule has 0 fully saturated rings. The van der Waals surface area contributed by atoms with Crippen molar-refractivity contribution in [3.05, 3.63) is 55.8 Å². The molecular formula is C17H19N3O4S. The number of carbonyl (C=O) groups is 2. The zero-order valence-electron chi connectivity index (χ0n) is 14.0. The Morgan fingerprint density at radius 1 is 1.08 bits per heavy atom. The number of amides is 2. The molecule has 0 atom stereocenters. The van der Waals surface area contributed by atoms with Crippen molar-refractivity contribution in [1.29, 1.82) is 0 Å². The van der Waals surface area contributed by atoms with Gasteiger partial charge in [0.25, 0.3) is 5.69 Å². The number of nitrogens with one attached hydrogen (secondary N) is 2. The molecule has 1 aromatic heterocycles. The first-order valence-corrected chi connectivity index (χ1v) is 8.70. The van der Waals surface area contributed by atoms with Crippen LogP contribution in [0.25, 0.3) is 0 Å². The number of thiophene rings is 1. The highest BCUT2D eigenvalue weighted by molar-refractivity contribution is 7.11. The van der Waals surface area contributed by atoms with Gasteiger partial charge < -0.3 is 10.6 Å². The van der Waals surface area contributed by atoms with Crippen molar-refractivity contribution in [1.82, 2.24) is 5.32 Å². The first-order chi connectivity index (χ1) is 11.9. The van der Waals surface area contributed by atoms with Gasteiger partial charge in [0.1, 0.15) is 0 Å². The van der Waals surface area contributed by atoms with Gasteiger partial charge in [0, 0.05) is 27.1 Å². The molecule has 0 bridgehead atoms. The number of rotatable bonds is 6. The SMILES string of the molecule is CCc1ccc(CNC(=O)C(=O)Nc2ccc(CC)c([N+](=O)[O-])c2)s1. The molecule has 2 aromatic rings. The number of benzene rings is 1. The van der Waals surface area contributed by atoms with Crippen LogP contribution in [-0.2, 0) is 29.0 Å². The lowest BCUT2D eigenvalue weighted by atomic mass is 10.1. The Labute approximate surface area is 149 Å². The van der Waals surface area contributed by atoms with Crippen LogP contribution in [-0.4, -0.2) is 16.7 Å². The molecule has 1 heterocycles. The van der Waals surface area contributed by atoms with Crippen molar-refractivity contribution in [2.75, 3.05) is 5.32 Å². The molecule has 0 saturated heterocycles. The summed E-state index contributed by atoms with van der Waals surface area (Å²) in [6.45, 7) is 4.12. The van der Waals surface area contributed by atoms with Gasteiger partial charge in [-0.1, -0.05) is 19.9 Å². The monoisotopic (exact) mass is 361 g/mol. The van der Waals surface area contributed by atoms with E-state index in [0.717, 1.165) is 11.3 Å². The number of nitro benzene ring substituents is 1. The van der Waals surface area contributed by atoms with E-state index >= 15 is 0 Å². The van der Waals surface area contributed by atoms with E-state index < -0.39 is 16.7 Å². The van der Waals surface area contributed by atoms with E-state index in [4.69, 9.17) is 0 Å². The average Bonchev–Trinajstić information content (AvgIpc) is 3.07. The predicted molar refractivity (Wildman–Crippen MR) is 96.6 cm³/mol. The van der Waals surface area contributed by atoms with Gasteiger partial charge in [-0.15, -0.1) is 11.3 Å². The maximum atomic E-state index is 11.9. The van der Waals surface area contributed by atoms with Gasteiger partial charge in [-0.2, -0.15) is 0 Å². The highest BCUT2D eigenvalue weighted by Crippen LogP contribution is 2.23. The van der Waals surface area contributed by atoms with Crippen molar-refractivity contribution in [3.8, 4) is 0 Å². The minimum atomic E-state index is -0.856. The molecule has 8 heteroatoms. The molecule has 0 radical (unpaired) electrons. The molecule has 1 aromatic carbocycles. The van der Waals surface area contributed by atoms with Gasteiger partial charge in [-0.3, -0.25) is 19.7 Å². The van der Waals surface area contributed by atoms with Crippen LogP contribution in [0.4, 0.5) is 11.4 Å². The number of aryl methyl sites for hydroxylation is 2. The maximum Gasteiger partial charge on any atom is 0.313 e.